The highest BCUT2D eigenvalue weighted by molar-refractivity contribution is 6.01. The predicted octanol–water partition coefficient (Wildman–Crippen LogP) is 3.14. The molecule has 0 bridgehead atoms. The molecule has 8 nitrogen and oxygen atoms in total. The first-order chi connectivity index (χ1) is 16.5. The van der Waals surface area contributed by atoms with Gasteiger partial charge in [0, 0.05) is 44.7 Å². The molecule has 0 unspecified atom stereocenters. The predicted molar refractivity (Wildman–Crippen MR) is 130 cm³/mol. The summed E-state index contributed by atoms with van der Waals surface area (Å²) in [5.41, 5.74) is 2.19. The number of para-hydroxylation sites is 2. The van der Waals surface area contributed by atoms with Crippen molar-refractivity contribution in [2.45, 2.75) is 26.7 Å². The van der Waals surface area contributed by atoms with E-state index in [0.29, 0.717) is 56.1 Å². The Balaban J connectivity index is 1.31. The lowest BCUT2D eigenvalue weighted by Crippen LogP contribution is -2.49. The van der Waals surface area contributed by atoms with E-state index < -0.39 is 0 Å². The Bertz CT molecular complexity index is 1060. The Labute approximate surface area is 200 Å². The summed E-state index contributed by atoms with van der Waals surface area (Å²) in [7, 11) is 0. The van der Waals surface area contributed by atoms with E-state index in [1.165, 1.54) is 6.92 Å². The van der Waals surface area contributed by atoms with Crippen LogP contribution in [0.4, 0.5) is 11.4 Å². The van der Waals surface area contributed by atoms with Crippen molar-refractivity contribution in [1.29, 1.82) is 0 Å². The van der Waals surface area contributed by atoms with Gasteiger partial charge in [-0.05, 0) is 50.6 Å². The number of piperazine rings is 1. The van der Waals surface area contributed by atoms with Crippen LogP contribution in [0.15, 0.2) is 42.5 Å². The molecule has 34 heavy (non-hydrogen) atoms. The summed E-state index contributed by atoms with van der Waals surface area (Å²) in [4.78, 5) is 42.8. The van der Waals surface area contributed by atoms with Crippen molar-refractivity contribution < 1.29 is 23.9 Å². The molecule has 1 saturated heterocycles. The van der Waals surface area contributed by atoms with Crippen molar-refractivity contribution in [3.05, 3.63) is 48.0 Å². The third-order valence-corrected chi connectivity index (χ3v) is 6.22. The molecule has 0 aromatic heterocycles. The van der Waals surface area contributed by atoms with Crippen LogP contribution in [0.25, 0.3) is 0 Å². The van der Waals surface area contributed by atoms with Crippen molar-refractivity contribution in [1.82, 2.24) is 4.90 Å². The molecule has 2 aromatic carbocycles. The first-order valence-corrected chi connectivity index (χ1v) is 11.8. The van der Waals surface area contributed by atoms with E-state index in [4.69, 9.17) is 9.47 Å². The highest BCUT2D eigenvalue weighted by Gasteiger charge is 2.27. The van der Waals surface area contributed by atoms with Crippen molar-refractivity contribution in [3.8, 4) is 11.5 Å². The van der Waals surface area contributed by atoms with Crippen LogP contribution in [-0.4, -0.2) is 68.4 Å². The minimum atomic E-state index is -0.165. The Morgan fingerprint density at radius 3 is 2.53 bits per heavy atom. The molecule has 2 aromatic rings. The zero-order valence-electron chi connectivity index (χ0n) is 19.8. The van der Waals surface area contributed by atoms with Gasteiger partial charge in [-0.1, -0.05) is 12.1 Å². The maximum absolute atomic E-state index is 12.8. The molecule has 1 fully saturated rings. The topological polar surface area (TPSA) is 79.4 Å². The Morgan fingerprint density at radius 1 is 1.03 bits per heavy atom. The molecule has 2 heterocycles. The van der Waals surface area contributed by atoms with Gasteiger partial charge in [-0.3, -0.25) is 14.4 Å². The summed E-state index contributed by atoms with van der Waals surface area (Å²) in [5.74, 6) is 1.31. The van der Waals surface area contributed by atoms with Crippen LogP contribution >= 0.6 is 0 Å². The largest absolute Gasteiger partial charge is 0.492 e. The van der Waals surface area contributed by atoms with Crippen LogP contribution in [0.2, 0.25) is 0 Å². The van der Waals surface area contributed by atoms with Gasteiger partial charge in [-0.25, -0.2) is 0 Å². The van der Waals surface area contributed by atoms with E-state index in [1.807, 2.05) is 30.0 Å². The van der Waals surface area contributed by atoms with Gasteiger partial charge in [-0.15, -0.1) is 0 Å². The van der Waals surface area contributed by atoms with E-state index >= 15 is 0 Å². The summed E-state index contributed by atoms with van der Waals surface area (Å²) < 4.78 is 11.2. The van der Waals surface area contributed by atoms with Crippen LogP contribution in [-0.2, 0) is 9.59 Å². The van der Waals surface area contributed by atoms with Crippen LogP contribution in [0.5, 0.6) is 11.5 Å². The molecular formula is C26H31N3O5. The Morgan fingerprint density at radius 2 is 1.79 bits per heavy atom. The number of nitrogens with zero attached hydrogens (tertiary/aromatic N) is 3. The number of hydrogen-bond acceptors (Lipinski definition) is 6. The fraction of sp³-hybridized carbons (Fsp3) is 0.423. The fourth-order valence-electron chi connectivity index (χ4n) is 4.41. The Kier molecular flexibility index (Phi) is 7.35. The van der Waals surface area contributed by atoms with Crippen molar-refractivity contribution >= 4 is 29.0 Å². The maximum Gasteiger partial charge on any atom is 0.265 e. The van der Waals surface area contributed by atoms with Crippen LogP contribution < -0.4 is 19.3 Å². The molecule has 2 amide bonds. The minimum Gasteiger partial charge on any atom is -0.492 e. The van der Waals surface area contributed by atoms with Gasteiger partial charge in [0.05, 0.1) is 18.0 Å². The molecule has 0 radical (unpaired) electrons. The smallest absolute Gasteiger partial charge is 0.265 e. The maximum atomic E-state index is 12.8. The van der Waals surface area contributed by atoms with Crippen molar-refractivity contribution in [2.75, 3.05) is 55.7 Å². The summed E-state index contributed by atoms with van der Waals surface area (Å²) in [6, 6.07) is 13.1. The van der Waals surface area contributed by atoms with Crippen molar-refractivity contribution in [3.63, 3.8) is 0 Å². The standard InChI is InChI=1S/C26H31N3O5/c1-3-33-23-8-5-4-7-21(23)27-13-15-28(16-14-27)25(31)9-6-12-29-22-17-20(19(2)30)10-11-24(22)34-18-26(29)32/h4-5,7-8,10-11,17H,3,6,9,12-16,18H2,1-2H3. The van der Waals surface area contributed by atoms with E-state index in [2.05, 4.69) is 11.0 Å². The molecule has 0 spiro atoms. The summed E-state index contributed by atoms with van der Waals surface area (Å²) in [5, 5.41) is 0. The zero-order chi connectivity index (χ0) is 24.1. The molecule has 0 aliphatic carbocycles. The van der Waals surface area contributed by atoms with Crippen LogP contribution in [0, 0.1) is 0 Å². The third kappa shape index (κ3) is 5.16. The molecule has 2 aliphatic rings. The highest BCUT2D eigenvalue weighted by Crippen LogP contribution is 2.33. The minimum absolute atomic E-state index is 0.0362. The lowest BCUT2D eigenvalue weighted by molar-refractivity contribution is -0.131. The van der Waals surface area contributed by atoms with Crippen LogP contribution in [0.1, 0.15) is 37.0 Å². The summed E-state index contributed by atoms with van der Waals surface area (Å²) >= 11 is 0. The number of ether oxygens (including phenoxy) is 2. The van der Waals surface area contributed by atoms with Crippen molar-refractivity contribution in [2.24, 2.45) is 0 Å². The van der Waals surface area contributed by atoms with Gasteiger partial charge in [0.25, 0.3) is 5.91 Å². The molecule has 0 N–H and O–H groups in total. The second-order valence-corrected chi connectivity index (χ2v) is 8.44. The van der Waals surface area contributed by atoms with E-state index in [1.54, 1.807) is 23.1 Å². The lowest BCUT2D eigenvalue weighted by Gasteiger charge is -2.37. The van der Waals surface area contributed by atoms with Crippen LogP contribution in [0.3, 0.4) is 0 Å². The first kappa shape index (κ1) is 23.6. The van der Waals surface area contributed by atoms with E-state index in [-0.39, 0.29) is 24.2 Å². The second-order valence-electron chi connectivity index (χ2n) is 8.44. The normalized spacial score (nSPS) is 15.6. The monoisotopic (exact) mass is 465 g/mol. The number of carbonyl (C=O) groups is 3. The summed E-state index contributed by atoms with van der Waals surface area (Å²) in [6.07, 6.45) is 0.906. The number of fused-ring (bicyclic) bond motifs is 1. The third-order valence-electron chi connectivity index (χ3n) is 6.22. The van der Waals surface area contributed by atoms with Gasteiger partial charge in [0.2, 0.25) is 5.91 Å². The lowest BCUT2D eigenvalue weighted by atomic mass is 10.1. The van der Waals surface area contributed by atoms with Gasteiger partial charge in [0.15, 0.2) is 12.4 Å². The quantitative estimate of drug-likeness (QED) is 0.558. The van der Waals surface area contributed by atoms with Gasteiger partial charge in [0.1, 0.15) is 11.5 Å². The fourth-order valence-corrected chi connectivity index (χ4v) is 4.41. The second kappa shape index (κ2) is 10.6. The molecule has 2 aliphatic heterocycles. The number of Topliss-reactive ketones (excluding diaryl/α,β-unsaturated/α-hetero) is 1. The summed E-state index contributed by atoms with van der Waals surface area (Å²) in [6.45, 7) is 7.25. The number of rotatable bonds is 8. The molecule has 8 heteroatoms. The number of hydrogen-bond donors (Lipinski definition) is 0. The SMILES string of the molecule is CCOc1ccccc1N1CCN(C(=O)CCCN2C(=O)COc3ccc(C(C)=O)cc32)CC1. The van der Waals surface area contributed by atoms with Gasteiger partial charge in [-0.2, -0.15) is 0 Å². The molecule has 4 rings (SSSR count). The van der Waals surface area contributed by atoms with Gasteiger partial charge >= 0.3 is 0 Å². The first-order valence-electron chi connectivity index (χ1n) is 11.8. The molecule has 180 valence electrons. The average Bonchev–Trinajstić information content (AvgIpc) is 2.85. The number of anilines is 2. The highest BCUT2D eigenvalue weighted by atomic mass is 16.5. The van der Waals surface area contributed by atoms with E-state index in [9.17, 15) is 14.4 Å². The molecule has 0 atom stereocenters. The Hall–Kier alpha value is -3.55. The van der Waals surface area contributed by atoms with E-state index in [0.717, 1.165) is 24.5 Å². The number of carbonyl (C=O) groups excluding carboxylic acids is 3. The number of ketones is 1. The molecule has 0 saturated carbocycles. The number of benzene rings is 2. The average molecular weight is 466 g/mol. The zero-order valence-corrected chi connectivity index (χ0v) is 19.8. The number of amides is 2. The van der Waals surface area contributed by atoms with Gasteiger partial charge < -0.3 is 24.2 Å². The molecular weight excluding hydrogens is 434 g/mol.